The first kappa shape index (κ1) is 17.0. The number of aromatic amines is 2. The molecule has 2 aromatic carbocycles. The summed E-state index contributed by atoms with van der Waals surface area (Å²) in [6, 6.07) is 15.9. The summed E-state index contributed by atoms with van der Waals surface area (Å²) in [5.41, 5.74) is 1.47. The molecule has 28 heavy (non-hydrogen) atoms. The molecule has 1 atom stereocenters. The van der Waals surface area contributed by atoms with Crippen molar-refractivity contribution in [2.24, 2.45) is 0 Å². The minimum atomic E-state index is -4.58. The first-order valence-corrected chi connectivity index (χ1v) is 9.09. The van der Waals surface area contributed by atoms with Gasteiger partial charge < -0.3 is 15.3 Å². The lowest BCUT2D eigenvalue weighted by Gasteiger charge is -2.36. The van der Waals surface area contributed by atoms with Crippen molar-refractivity contribution in [1.29, 1.82) is 0 Å². The van der Waals surface area contributed by atoms with E-state index < -0.39 is 11.7 Å². The number of hydrogen-bond acceptors (Lipinski definition) is 1. The molecule has 5 rings (SSSR count). The number of H-pyrrole nitrogens is 2. The van der Waals surface area contributed by atoms with Crippen LogP contribution in [0.5, 0.6) is 0 Å². The van der Waals surface area contributed by atoms with E-state index in [-0.39, 0.29) is 11.4 Å². The fourth-order valence-electron chi connectivity index (χ4n) is 4.39. The summed E-state index contributed by atoms with van der Waals surface area (Å²) in [6.07, 6.45) is -2.64. The number of rotatable bonds is 1. The van der Waals surface area contributed by atoms with Crippen LogP contribution in [0.3, 0.4) is 0 Å². The Kier molecular flexibility index (Phi) is 3.44. The molecule has 4 aromatic rings. The van der Waals surface area contributed by atoms with Crippen molar-refractivity contribution in [3.8, 4) is 0 Å². The number of halogens is 3. The summed E-state index contributed by atoms with van der Waals surface area (Å²) < 4.78 is 44.5. The summed E-state index contributed by atoms with van der Waals surface area (Å²) in [6.45, 7) is 1.94. The van der Waals surface area contributed by atoms with Crippen LogP contribution < -0.4 is 5.32 Å². The average molecular weight is 381 g/mol. The van der Waals surface area contributed by atoms with Crippen molar-refractivity contribution in [3.05, 3.63) is 88.9 Å². The molecule has 1 aliphatic rings. The molecule has 0 amide bonds. The van der Waals surface area contributed by atoms with Gasteiger partial charge in [0.05, 0.1) is 11.4 Å². The highest BCUT2D eigenvalue weighted by Gasteiger charge is 2.61. The summed E-state index contributed by atoms with van der Waals surface area (Å²) in [7, 11) is 0. The number of fused-ring (bicyclic) bond motifs is 4. The van der Waals surface area contributed by atoms with Crippen molar-refractivity contribution in [2.75, 3.05) is 5.32 Å². The Balaban J connectivity index is 1.95. The third-order valence-electron chi connectivity index (χ3n) is 5.64. The van der Waals surface area contributed by atoms with Crippen LogP contribution in [-0.2, 0) is 12.0 Å². The van der Waals surface area contributed by atoms with E-state index >= 15 is 0 Å². The minimum Gasteiger partial charge on any atom is -0.362 e. The van der Waals surface area contributed by atoms with Gasteiger partial charge in [-0.2, -0.15) is 13.2 Å². The molecular formula is C22H18F3N3. The summed E-state index contributed by atoms with van der Waals surface area (Å²) in [5, 5.41) is 3.72. The summed E-state index contributed by atoms with van der Waals surface area (Å²) in [5.74, 6) is 0. The number of aromatic nitrogens is 2. The molecule has 0 fully saturated rings. The Hall–Kier alpha value is -3.15. The summed E-state index contributed by atoms with van der Waals surface area (Å²) >= 11 is 0. The molecule has 3 N–H and O–H groups in total. The molecule has 1 aliphatic heterocycles. The first-order chi connectivity index (χ1) is 13.4. The zero-order valence-electron chi connectivity index (χ0n) is 15.1. The lowest BCUT2D eigenvalue weighted by molar-refractivity contribution is -0.171. The predicted octanol–water partition coefficient (Wildman–Crippen LogP) is 5.63. The zero-order valence-corrected chi connectivity index (χ0v) is 15.1. The highest BCUT2D eigenvalue weighted by molar-refractivity contribution is 5.90. The van der Waals surface area contributed by atoms with Crippen molar-refractivity contribution < 1.29 is 13.2 Å². The number of para-hydroxylation sites is 1. The topological polar surface area (TPSA) is 43.6 Å². The second-order valence-electron chi connectivity index (χ2n) is 7.27. The van der Waals surface area contributed by atoms with Gasteiger partial charge in [0.15, 0.2) is 0 Å². The highest BCUT2D eigenvalue weighted by Crippen LogP contribution is 2.51. The molecular weight excluding hydrogens is 363 g/mol. The molecule has 0 bridgehead atoms. The van der Waals surface area contributed by atoms with E-state index in [1.54, 1.807) is 18.2 Å². The number of hydrogen-bond donors (Lipinski definition) is 3. The SMILES string of the molecule is Cc1cccc2[nH]c3c(c12)Cc1ccccc1NC3(c1ccc[nH]1)C(F)(F)F. The van der Waals surface area contributed by atoms with E-state index in [0.717, 1.165) is 16.5 Å². The quantitative estimate of drug-likeness (QED) is 0.393. The van der Waals surface area contributed by atoms with Crippen LogP contribution in [0.15, 0.2) is 60.8 Å². The summed E-state index contributed by atoms with van der Waals surface area (Å²) in [4.78, 5) is 5.93. The molecule has 0 aliphatic carbocycles. The number of nitrogens with one attached hydrogen (secondary N) is 3. The van der Waals surface area contributed by atoms with Crippen molar-refractivity contribution in [2.45, 2.75) is 25.1 Å². The normalized spacial score (nSPS) is 19.0. The van der Waals surface area contributed by atoms with Gasteiger partial charge in [-0.25, -0.2) is 0 Å². The Morgan fingerprint density at radius 3 is 2.54 bits per heavy atom. The van der Waals surface area contributed by atoms with Gasteiger partial charge in [-0.15, -0.1) is 0 Å². The Labute approximate surface area is 159 Å². The fraction of sp³-hybridized carbons (Fsp3) is 0.182. The van der Waals surface area contributed by atoms with Gasteiger partial charge in [-0.1, -0.05) is 30.3 Å². The second-order valence-corrected chi connectivity index (χ2v) is 7.27. The first-order valence-electron chi connectivity index (χ1n) is 9.09. The number of alkyl halides is 3. The minimum absolute atomic E-state index is 0.0576. The van der Waals surface area contributed by atoms with Crippen LogP contribution in [0.4, 0.5) is 18.9 Å². The van der Waals surface area contributed by atoms with Gasteiger partial charge in [0.2, 0.25) is 5.54 Å². The van der Waals surface area contributed by atoms with E-state index in [9.17, 15) is 13.2 Å². The monoisotopic (exact) mass is 381 g/mol. The maximum absolute atomic E-state index is 14.8. The number of aryl methyl sites for hydroxylation is 1. The van der Waals surface area contributed by atoms with E-state index in [0.29, 0.717) is 23.2 Å². The molecule has 1 unspecified atom stereocenters. The van der Waals surface area contributed by atoms with Crippen LogP contribution in [0.2, 0.25) is 0 Å². The van der Waals surface area contributed by atoms with E-state index in [1.807, 2.05) is 37.3 Å². The smallest absolute Gasteiger partial charge is 0.362 e. The van der Waals surface area contributed by atoms with Crippen LogP contribution in [0, 0.1) is 6.92 Å². The molecule has 0 radical (unpaired) electrons. The molecule has 6 heteroatoms. The third-order valence-corrected chi connectivity index (χ3v) is 5.64. The molecule has 142 valence electrons. The molecule has 0 saturated carbocycles. The number of benzene rings is 2. The fourth-order valence-corrected chi connectivity index (χ4v) is 4.39. The molecule has 3 heterocycles. The van der Waals surface area contributed by atoms with Crippen LogP contribution in [-0.4, -0.2) is 16.1 Å². The van der Waals surface area contributed by atoms with E-state index in [1.165, 1.54) is 12.3 Å². The molecule has 0 spiro atoms. The van der Waals surface area contributed by atoms with Gasteiger partial charge in [-0.3, -0.25) is 0 Å². The lowest BCUT2D eigenvalue weighted by Crippen LogP contribution is -2.50. The van der Waals surface area contributed by atoms with Crippen LogP contribution in [0.25, 0.3) is 10.9 Å². The standard InChI is InChI=1S/C22H18F3N3/c1-13-6-4-9-17-19(13)15-12-14-7-2-3-8-16(14)28-21(20(15)27-17,22(23,24)25)18-10-5-11-26-18/h2-11,26-28H,12H2,1H3. The average Bonchev–Trinajstić information content (AvgIpc) is 3.27. The molecule has 2 aromatic heterocycles. The van der Waals surface area contributed by atoms with Crippen molar-refractivity contribution in [1.82, 2.24) is 9.97 Å². The van der Waals surface area contributed by atoms with Crippen molar-refractivity contribution >= 4 is 16.6 Å². The zero-order chi connectivity index (χ0) is 19.5. The Morgan fingerprint density at radius 2 is 1.79 bits per heavy atom. The molecule has 0 saturated heterocycles. The maximum atomic E-state index is 14.8. The Morgan fingerprint density at radius 1 is 0.964 bits per heavy atom. The van der Waals surface area contributed by atoms with Gasteiger partial charge in [0.1, 0.15) is 0 Å². The van der Waals surface area contributed by atoms with E-state index in [2.05, 4.69) is 15.3 Å². The number of anilines is 1. The van der Waals surface area contributed by atoms with Gasteiger partial charge >= 0.3 is 6.18 Å². The van der Waals surface area contributed by atoms with Crippen molar-refractivity contribution in [3.63, 3.8) is 0 Å². The third kappa shape index (κ3) is 2.17. The highest BCUT2D eigenvalue weighted by atomic mass is 19.4. The Bertz CT molecular complexity index is 1170. The van der Waals surface area contributed by atoms with Gasteiger partial charge in [0.25, 0.3) is 0 Å². The van der Waals surface area contributed by atoms with Crippen LogP contribution in [0.1, 0.15) is 28.1 Å². The lowest BCUT2D eigenvalue weighted by atomic mass is 9.87. The van der Waals surface area contributed by atoms with E-state index in [4.69, 9.17) is 0 Å². The van der Waals surface area contributed by atoms with Gasteiger partial charge in [0, 0.05) is 29.2 Å². The van der Waals surface area contributed by atoms with Crippen LogP contribution >= 0.6 is 0 Å². The second kappa shape index (κ2) is 5.67. The van der Waals surface area contributed by atoms with Gasteiger partial charge in [-0.05, 0) is 47.9 Å². The predicted molar refractivity (Wildman–Crippen MR) is 104 cm³/mol. The largest absolute Gasteiger partial charge is 0.422 e. The molecule has 3 nitrogen and oxygen atoms in total. The maximum Gasteiger partial charge on any atom is 0.422 e.